The third kappa shape index (κ3) is 8.96. The minimum absolute atomic E-state index is 0.709. The van der Waals surface area contributed by atoms with Gasteiger partial charge >= 0.3 is 0 Å². The Hall–Kier alpha value is -3.28. The van der Waals surface area contributed by atoms with Gasteiger partial charge in [-0.25, -0.2) is 0 Å². The van der Waals surface area contributed by atoms with Gasteiger partial charge in [0, 0.05) is 13.1 Å². The maximum absolute atomic E-state index is 5.97. The van der Waals surface area contributed by atoms with Crippen molar-refractivity contribution in [3.63, 3.8) is 0 Å². The second kappa shape index (κ2) is 14.5. The van der Waals surface area contributed by atoms with E-state index < -0.39 is 0 Å². The third-order valence-corrected chi connectivity index (χ3v) is 6.22. The summed E-state index contributed by atoms with van der Waals surface area (Å²) in [5, 5.41) is 0. The average molecular weight is 503 g/mol. The lowest BCUT2D eigenvalue weighted by Gasteiger charge is -2.16. The van der Waals surface area contributed by atoms with E-state index in [1.165, 1.54) is 11.1 Å². The van der Waals surface area contributed by atoms with Crippen LogP contribution >= 0.6 is 0 Å². The topological polar surface area (TPSA) is 34.2 Å². The predicted molar refractivity (Wildman–Crippen MR) is 155 cm³/mol. The minimum Gasteiger partial charge on any atom is -0.497 e. The molecule has 0 radical (unpaired) electrons. The molecule has 198 valence electrons. The Balaban J connectivity index is 1.85. The zero-order valence-electron chi connectivity index (χ0n) is 23.3. The molecule has 0 aliphatic rings. The maximum atomic E-state index is 5.97. The molecule has 0 bridgehead atoms. The summed E-state index contributed by atoms with van der Waals surface area (Å²) in [5.74, 6) is 2.64. The molecule has 5 heteroatoms. The zero-order valence-corrected chi connectivity index (χ0v) is 23.3. The van der Waals surface area contributed by atoms with Gasteiger partial charge in [-0.05, 0) is 112 Å². The van der Waals surface area contributed by atoms with Crippen LogP contribution in [-0.2, 0) is 0 Å². The quantitative estimate of drug-likeness (QED) is 0.190. The fourth-order valence-electron chi connectivity index (χ4n) is 4.16. The van der Waals surface area contributed by atoms with Crippen LogP contribution in [0.5, 0.6) is 17.2 Å². The van der Waals surface area contributed by atoms with Crippen molar-refractivity contribution < 1.29 is 14.2 Å². The number of allylic oxidation sites excluding steroid dienone is 1. The number of methoxy groups -OCH3 is 1. The van der Waals surface area contributed by atoms with E-state index in [1.54, 1.807) is 7.11 Å². The number of rotatable bonds is 14. The molecule has 0 atom stereocenters. The van der Waals surface area contributed by atoms with E-state index in [-0.39, 0.29) is 0 Å². The molecule has 0 unspecified atom stereocenters. The molecule has 3 aromatic rings. The third-order valence-electron chi connectivity index (χ3n) is 6.22. The molecule has 0 saturated carbocycles. The van der Waals surface area contributed by atoms with Crippen LogP contribution in [0.25, 0.3) is 11.1 Å². The van der Waals surface area contributed by atoms with Gasteiger partial charge < -0.3 is 24.0 Å². The highest BCUT2D eigenvalue weighted by molar-refractivity contribution is 5.98. The van der Waals surface area contributed by atoms with Crippen molar-refractivity contribution in [2.45, 2.75) is 19.8 Å². The van der Waals surface area contributed by atoms with Gasteiger partial charge in [-0.1, -0.05) is 36.4 Å². The lowest BCUT2D eigenvalue weighted by molar-refractivity contribution is 0.281. The summed E-state index contributed by atoms with van der Waals surface area (Å²) >= 11 is 0. The number of nitrogens with zero attached hydrogens (tertiary/aromatic N) is 2. The number of ether oxygens (including phenoxy) is 3. The molecule has 0 amide bonds. The first-order valence-corrected chi connectivity index (χ1v) is 13.0. The van der Waals surface area contributed by atoms with E-state index in [2.05, 4.69) is 106 Å². The van der Waals surface area contributed by atoms with Crippen LogP contribution in [0.4, 0.5) is 0 Å². The van der Waals surface area contributed by atoms with Gasteiger partial charge in [-0.3, -0.25) is 0 Å². The zero-order chi connectivity index (χ0) is 26.6. The SMILES string of the molecule is COc1ccc(C(C)=C(c2ccc(OCCCN(C)C)cc2)c2ccc(OCCCN(C)C)cc2)cc1. The predicted octanol–water partition coefficient (Wildman–Crippen LogP) is 6.34. The number of hydrogen-bond donors (Lipinski definition) is 0. The van der Waals surface area contributed by atoms with Gasteiger partial charge in [0.25, 0.3) is 0 Å². The van der Waals surface area contributed by atoms with Crippen molar-refractivity contribution in [2.75, 3.05) is 61.6 Å². The van der Waals surface area contributed by atoms with Gasteiger partial charge in [-0.15, -0.1) is 0 Å². The number of hydrogen-bond acceptors (Lipinski definition) is 5. The molecule has 0 aromatic heterocycles. The van der Waals surface area contributed by atoms with Crippen LogP contribution in [0.15, 0.2) is 72.8 Å². The van der Waals surface area contributed by atoms with Crippen molar-refractivity contribution in [3.05, 3.63) is 89.5 Å². The molecule has 0 aliphatic heterocycles. The van der Waals surface area contributed by atoms with Crippen molar-refractivity contribution in [3.8, 4) is 17.2 Å². The lowest BCUT2D eigenvalue weighted by Crippen LogP contribution is -2.15. The van der Waals surface area contributed by atoms with Gasteiger partial charge in [-0.2, -0.15) is 0 Å². The highest BCUT2D eigenvalue weighted by Gasteiger charge is 2.12. The van der Waals surface area contributed by atoms with Crippen LogP contribution in [0.3, 0.4) is 0 Å². The Morgan fingerprint density at radius 3 is 1.32 bits per heavy atom. The molecular formula is C32H42N2O3. The van der Waals surface area contributed by atoms with Crippen molar-refractivity contribution >= 4 is 11.1 Å². The second-order valence-corrected chi connectivity index (χ2v) is 9.79. The molecule has 0 fully saturated rings. The van der Waals surface area contributed by atoms with Crippen LogP contribution in [0, 0.1) is 0 Å². The van der Waals surface area contributed by atoms with E-state index >= 15 is 0 Å². The van der Waals surface area contributed by atoms with Crippen LogP contribution in [0.1, 0.15) is 36.5 Å². The van der Waals surface area contributed by atoms with E-state index in [0.29, 0.717) is 13.2 Å². The van der Waals surface area contributed by atoms with Crippen molar-refractivity contribution in [2.24, 2.45) is 0 Å². The van der Waals surface area contributed by atoms with Gasteiger partial charge in [0.2, 0.25) is 0 Å². The smallest absolute Gasteiger partial charge is 0.119 e. The first kappa shape index (κ1) is 28.3. The highest BCUT2D eigenvalue weighted by Crippen LogP contribution is 2.34. The number of benzene rings is 3. The first-order chi connectivity index (χ1) is 17.9. The normalized spacial score (nSPS) is 11.0. The van der Waals surface area contributed by atoms with Gasteiger partial charge in [0.1, 0.15) is 17.2 Å². The highest BCUT2D eigenvalue weighted by atomic mass is 16.5. The summed E-state index contributed by atoms with van der Waals surface area (Å²) < 4.78 is 17.3. The Morgan fingerprint density at radius 2 is 0.946 bits per heavy atom. The molecule has 0 heterocycles. The molecule has 37 heavy (non-hydrogen) atoms. The molecule has 0 aliphatic carbocycles. The monoisotopic (exact) mass is 502 g/mol. The van der Waals surface area contributed by atoms with Crippen molar-refractivity contribution in [1.82, 2.24) is 9.80 Å². The Labute approximate surface area is 223 Å². The van der Waals surface area contributed by atoms with E-state index in [9.17, 15) is 0 Å². The Morgan fingerprint density at radius 1 is 0.568 bits per heavy atom. The fraction of sp³-hybridized carbons (Fsp3) is 0.375. The maximum Gasteiger partial charge on any atom is 0.119 e. The summed E-state index contributed by atoms with van der Waals surface area (Å²) in [5.41, 5.74) is 5.83. The first-order valence-electron chi connectivity index (χ1n) is 13.0. The summed E-state index contributed by atoms with van der Waals surface area (Å²) in [6.07, 6.45) is 2.00. The minimum atomic E-state index is 0.709. The van der Waals surface area contributed by atoms with Crippen molar-refractivity contribution in [1.29, 1.82) is 0 Å². The summed E-state index contributed by atoms with van der Waals surface area (Å²) in [4.78, 5) is 4.34. The van der Waals surface area contributed by atoms with Gasteiger partial charge in [0.15, 0.2) is 0 Å². The van der Waals surface area contributed by atoms with Gasteiger partial charge in [0.05, 0.1) is 20.3 Å². The van der Waals surface area contributed by atoms with E-state index in [4.69, 9.17) is 14.2 Å². The molecule has 0 N–H and O–H groups in total. The molecular weight excluding hydrogens is 460 g/mol. The van der Waals surface area contributed by atoms with Crippen LogP contribution in [0.2, 0.25) is 0 Å². The second-order valence-electron chi connectivity index (χ2n) is 9.79. The molecule has 0 spiro atoms. The average Bonchev–Trinajstić information content (AvgIpc) is 2.90. The lowest BCUT2D eigenvalue weighted by atomic mass is 9.90. The molecule has 5 nitrogen and oxygen atoms in total. The largest absolute Gasteiger partial charge is 0.497 e. The van der Waals surface area contributed by atoms with Crippen LogP contribution < -0.4 is 14.2 Å². The van der Waals surface area contributed by atoms with Crippen LogP contribution in [-0.4, -0.2) is 71.4 Å². The van der Waals surface area contributed by atoms with E-state index in [0.717, 1.165) is 59.9 Å². The Bertz CT molecular complexity index is 1040. The summed E-state index contributed by atoms with van der Waals surface area (Å²) in [7, 11) is 10.0. The molecule has 3 rings (SSSR count). The molecule has 0 saturated heterocycles. The molecule has 3 aromatic carbocycles. The standard InChI is InChI=1S/C32H42N2O3/c1-25(26-9-15-29(35-6)16-10-26)32(27-11-17-30(18-12-27)36-23-7-21-33(2)3)28-13-19-31(20-14-28)37-24-8-22-34(4)5/h9-20H,7-8,21-24H2,1-6H3. The summed E-state index contributed by atoms with van der Waals surface area (Å²) in [6.45, 7) is 5.62. The summed E-state index contributed by atoms with van der Waals surface area (Å²) in [6, 6.07) is 25.1. The Kier molecular flexibility index (Phi) is 11.1. The fourth-order valence-corrected chi connectivity index (χ4v) is 4.16. The van der Waals surface area contributed by atoms with E-state index in [1.807, 2.05) is 12.1 Å².